The molecule has 124 valence electrons. The molecule has 1 fully saturated rings. The lowest BCUT2D eigenvalue weighted by Crippen LogP contribution is -2.47. The third-order valence-electron chi connectivity index (χ3n) is 3.78. The number of carbonyl (C=O) groups is 2. The van der Waals surface area contributed by atoms with Gasteiger partial charge >= 0.3 is 0 Å². The third kappa shape index (κ3) is 3.85. The summed E-state index contributed by atoms with van der Waals surface area (Å²) in [5.74, 6) is -0.366. The molecule has 0 aromatic heterocycles. The van der Waals surface area contributed by atoms with Gasteiger partial charge in [0.05, 0.1) is 4.92 Å². The molecule has 1 heterocycles. The van der Waals surface area contributed by atoms with Crippen LogP contribution in [0.15, 0.2) is 24.3 Å². The van der Waals surface area contributed by atoms with Gasteiger partial charge in [-0.25, -0.2) is 0 Å². The second kappa shape index (κ2) is 6.36. The molecule has 0 spiro atoms. The minimum Gasteiger partial charge on any atom is -0.330 e. The summed E-state index contributed by atoms with van der Waals surface area (Å²) in [5, 5.41) is 13.5. The summed E-state index contributed by atoms with van der Waals surface area (Å²) in [5.41, 5.74) is -0.273. The highest BCUT2D eigenvalue weighted by Crippen LogP contribution is 2.26. The van der Waals surface area contributed by atoms with Gasteiger partial charge < -0.3 is 10.2 Å². The standard InChI is InChI=1S/C16H21N3O4/c1-16(2,3)15(21)18-9-5-8-13(18)14(20)17-11-6-4-7-12(10-11)19(22)23/h4,6-7,10,13H,5,8-9H2,1-3H3,(H,17,20)/t13-/m0/s1. The summed E-state index contributed by atoms with van der Waals surface area (Å²) in [4.78, 5) is 36.8. The molecule has 2 rings (SSSR count). The lowest BCUT2D eigenvalue weighted by molar-refractivity contribution is -0.384. The highest BCUT2D eigenvalue weighted by molar-refractivity contribution is 5.98. The van der Waals surface area contributed by atoms with Gasteiger partial charge in [0.25, 0.3) is 5.69 Å². The zero-order valence-electron chi connectivity index (χ0n) is 13.5. The molecule has 1 aliphatic heterocycles. The van der Waals surface area contributed by atoms with Crippen LogP contribution in [0.5, 0.6) is 0 Å². The number of amides is 2. The number of nitro benzene ring substituents is 1. The zero-order chi connectivity index (χ0) is 17.2. The first-order valence-corrected chi connectivity index (χ1v) is 7.56. The first-order valence-electron chi connectivity index (χ1n) is 7.56. The molecule has 7 nitrogen and oxygen atoms in total. The Morgan fingerprint density at radius 3 is 2.65 bits per heavy atom. The molecule has 0 saturated carbocycles. The van der Waals surface area contributed by atoms with Crippen molar-refractivity contribution in [1.29, 1.82) is 0 Å². The van der Waals surface area contributed by atoms with Crippen LogP contribution in [0.4, 0.5) is 11.4 Å². The fourth-order valence-corrected chi connectivity index (χ4v) is 2.64. The van der Waals surface area contributed by atoms with Crippen LogP contribution in [-0.2, 0) is 9.59 Å². The monoisotopic (exact) mass is 319 g/mol. The molecule has 0 bridgehead atoms. The number of nitro groups is 1. The fraction of sp³-hybridized carbons (Fsp3) is 0.500. The van der Waals surface area contributed by atoms with E-state index in [9.17, 15) is 19.7 Å². The minimum absolute atomic E-state index is 0.0609. The molecular formula is C16H21N3O4. The van der Waals surface area contributed by atoms with Crippen molar-refractivity contribution in [2.45, 2.75) is 39.7 Å². The van der Waals surface area contributed by atoms with Gasteiger partial charge in [0.1, 0.15) is 6.04 Å². The fourth-order valence-electron chi connectivity index (χ4n) is 2.64. The van der Waals surface area contributed by atoms with Crippen LogP contribution in [0.1, 0.15) is 33.6 Å². The maximum Gasteiger partial charge on any atom is 0.271 e. The quantitative estimate of drug-likeness (QED) is 0.684. The van der Waals surface area contributed by atoms with Crippen molar-refractivity contribution in [1.82, 2.24) is 4.90 Å². The number of likely N-dealkylation sites (tertiary alicyclic amines) is 1. The number of hydrogen-bond acceptors (Lipinski definition) is 4. The van der Waals surface area contributed by atoms with Crippen LogP contribution in [0, 0.1) is 15.5 Å². The van der Waals surface area contributed by atoms with Crippen molar-refractivity contribution in [3.63, 3.8) is 0 Å². The molecule has 7 heteroatoms. The van der Waals surface area contributed by atoms with Crippen LogP contribution >= 0.6 is 0 Å². The van der Waals surface area contributed by atoms with E-state index in [4.69, 9.17) is 0 Å². The molecular weight excluding hydrogens is 298 g/mol. The average molecular weight is 319 g/mol. The second-order valence-electron chi connectivity index (χ2n) is 6.70. The molecule has 23 heavy (non-hydrogen) atoms. The van der Waals surface area contributed by atoms with E-state index in [1.54, 1.807) is 11.0 Å². The largest absolute Gasteiger partial charge is 0.330 e. The van der Waals surface area contributed by atoms with E-state index in [-0.39, 0.29) is 17.5 Å². The first-order chi connectivity index (χ1) is 10.7. The van der Waals surface area contributed by atoms with E-state index in [1.165, 1.54) is 18.2 Å². The van der Waals surface area contributed by atoms with Gasteiger partial charge in [-0.1, -0.05) is 26.8 Å². The highest BCUT2D eigenvalue weighted by Gasteiger charge is 2.38. The molecule has 2 amide bonds. The molecule has 1 aliphatic rings. The van der Waals surface area contributed by atoms with Crippen LogP contribution in [0.25, 0.3) is 0 Å². The van der Waals surface area contributed by atoms with E-state index >= 15 is 0 Å². The van der Waals surface area contributed by atoms with E-state index in [0.717, 1.165) is 6.42 Å². The molecule has 1 aromatic rings. The maximum atomic E-state index is 12.5. The number of non-ortho nitro benzene ring substituents is 1. The summed E-state index contributed by atoms with van der Waals surface area (Å²) in [6.07, 6.45) is 1.37. The van der Waals surface area contributed by atoms with E-state index in [0.29, 0.717) is 18.7 Å². The molecule has 1 atom stereocenters. The lowest BCUT2D eigenvalue weighted by atomic mass is 9.94. The number of hydrogen-bond donors (Lipinski definition) is 1. The van der Waals surface area contributed by atoms with Crippen molar-refractivity contribution < 1.29 is 14.5 Å². The normalized spacial score (nSPS) is 17.9. The lowest BCUT2D eigenvalue weighted by Gasteiger charge is -2.30. The van der Waals surface area contributed by atoms with Crippen molar-refractivity contribution in [3.8, 4) is 0 Å². The van der Waals surface area contributed by atoms with E-state index in [1.807, 2.05) is 20.8 Å². The summed E-state index contributed by atoms with van der Waals surface area (Å²) in [7, 11) is 0. The van der Waals surface area contributed by atoms with Crippen LogP contribution in [0.3, 0.4) is 0 Å². The van der Waals surface area contributed by atoms with Gasteiger partial charge in [0, 0.05) is 29.8 Å². The summed E-state index contributed by atoms with van der Waals surface area (Å²) < 4.78 is 0. The second-order valence-corrected chi connectivity index (χ2v) is 6.70. The molecule has 1 N–H and O–H groups in total. The van der Waals surface area contributed by atoms with Gasteiger partial charge in [0.15, 0.2) is 0 Å². The van der Waals surface area contributed by atoms with Crippen molar-refractivity contribution in [3.05, 3.63) is 34.4 Å². The SMILES string of the molecule is CC(C)(C)C(=O)N1CCC[C@H]1C(=O)Nc1cccc([N+](=O)[O-])c1. The Morgan fingerprint density at radius 1 is 1.35 bits per heavy atom. The number of benzene rings is 1. The Labute approximate surface area is 134 Å². The summed E-state index contributed by atoms with van der Waals surface area (Å²) in [6.45, 7) is 6.03. The average Bonchev–Trinajstić information content (AvgIpc) is 2.95. The molecule has 1 saturated heterocycles. The minimum atomic E-state index is -0.547. The Kier molecular flexibility index (Phi) is 4.68. The predicted octanol–water partition coefficient (Wildman–Crippen LogP) is 2.57. The number of carbonyl (C=O) groups excluding carboxylic acids is 2. The Balaban J connectivity index is 2.12. The molecule has 0 aliphatic carbocycles. The Hall–Kier alpha value is -2.44. The molecule has 0 unspecified atom stereocenters. The van der Waals surface area contributed by atoms with Gasteiger partial charge in [0.2, 0.25) is 11.8 Å². The van der Waals surface area contributed by atoms with Crippen molar-refractivity contribution in [2.75, 3.05) is 11.9 Å². The van der Waals surface area contributed by atoms with Gasteiger partial charge in [-0.3, -0.25) is 19.7 Å². The summed E-state index contributed by atoms with van der Waals surface area (Å²) >= 11 is 0. The number of nitrogens with zero attached hydrogens (tertiary/aromatic N) is 2. The van der Waals surface area contributed by atoms with Gasteiger partial charge in [-0.15, -0.1) is 0 Å². The van der Waals surface area contributed by atoms with E-state index < -0.39 is 16.4 Å². The van der Waals surface area contributed by atoms with Gasteiger partial charge in [-0.2, -0.15) is 0 Å². The summed E-state index contributed by atoms with van der Waals surface area (Å²) in [6, 6.07) is 5.25. The van der Waals surface area contributed by atoms with E-state index in [2.05, 4.69) is 5.32 Å². The molecule has 0 radical (unpaired) electrons. The Bertz CT molecular complexity index is 636. The Morgan fingerprint density at radius 2 is 2.04 bits per heavy atom. The zero-order valence-corrected chi connectivity index (χ0v) is 13.5. The number of anilines is 1. The van der Waals surface area contributed by atoms with Crippen LogP contribution < -0.4 is 5.32 Å². The highest BCUT2D eigenvalue weighted by atomic mass is 16.6. The topological polar surface area (TPSA) is 92.6 Å². The number of rotatable bonds is 3. The third-order valence-corrected chi connectivity index (χ3v) is 3.78. The predicted molar refractivity (Wildman–Crippen MR) is 85.9 cm³/mol. The van der Waals surface area contributed by atoms with Crippen molar-refractivity contribution >= 4 is 23.2 Å². The van der Waals surface area contributed by atoms with Crippen LogP contribution in [0.2, 0.25) is 0 Å². The van der Waals surface area contributed by atoms with Crippen molar-refractivity contribution in [2.24, 2.45) is 5.41 Å². The van der Waals surface area contributed by atoms with Gasteiger partial charge in [-0.05, 0) is 18.9 Å². The smallest absolute Gasteiger partial charge is 0.271 e. The van der Waals surface area contributed by atoms with Crippen LogP contribution in [-0.4, -0.2) is 34.2 Å². The maximum absolute atomic E-state index is 12.5. The first kappa shape index (κ1) is 16.9. The molecule has 1 aromatic carbocycles. The number of nitrogens with one attached hydrogen (secondary N) is 1.